The lowest BCUT2D eigenvalue weighted by molar-refractivity contribution is -0.0235. The van der Waals surface area contributed by atoms with Crippen LogP contribution in [-0.2, 0) is 9.47 Å². The van der Waals surface area contributed by atoms with Gasteiger partial charge < -0.3 is 19.9 Å². The summed E-state index contributed by atoms with van der Waals surface area (Å²) in [5.41, 5.74) is 0. The van der Waals surface area contributed by atoms with Gasteiger partial charge in [-0.2, -0.15) is 0 Å². The molecule has 18 heavy (non-hydrogen) atoms. The van der Waals surface area contributed by atoms with Crippen LogP contribution in [0, 0.1) is 0 Å². The topological polar surface area (TPSA) is 50.7 Å². The van der Waals surface area contributed by atoms with Crippen LogP contribution in [0.1, 0.15) is 46.0 Å². The fourth-order valence-electron chi connectivity index (χ4n) is 2.17. The smallest absolute Gasteiger partial charge is 0.0897 e. The Bertz CT molecular complexity index is 193. The predicted molar refractivity (Wildman–Crippen MR) is 72.8 cm³/mol. The van der Waals surface area contributed by atoms with E-state index in [0.29, 0.717) is 25.9 Å². The molecule has 1 atom stereocenters. The summed E-state index contributed by atoms with van der Waals surface area (Å²) in [6, 6.07) is 0. The molecule has 0 amide bonds. The molecule has 0 heterocycles. The Kier molecular flexibility index (Phi) is 8.59. The summed E-state index contributed by atoms with van der Waals surface area (Å²) in [4.78, 5) is 0. The SMILES string of the molecule is CC(C)OCCNCC(O)COC1CCCCC1. The zero-order valence-corrected chi connectivity index (χ0v) is 11.9. The Labute approximate surface area is 111 Å². The monoisotopic (exact) mass is 259 g/mol. The molecule has 0 saturated heterocycles. The number of rotatable bonds is 9. The number of hydrogen-bond acceptors (Lipinski definition) is 4. The molecule has 1 aliphatic carbocycles. The summed E-state index contributed by atoms with van der Waals surface area (Å²) in [6.07, 6.45) is 6.41. The van der Waals surface area contributed by atoms with Crippen LogP contribution in [0.5, 0.6) is 0 Å². The van der Waals surface area contributed by atoms with Crippen molar-refractivity contribution >= 4 is 0 Å². The molecule has 2 N–H and O–H groups in total. The molecule has 0 bridgehead atoms. The third-order valence-corrected chi connectivity index (χ3v) is 3.19. The van der Waals surface area contributed by atoms with Crippen molar-refractivity contribution in [3.05, 3.63) is 0 Å². The third-order valence-electron chi connectivity index (χ3n) is 3.19. The van der Waals surface area contributed by atoms with Crippen molar-refractivity contribution in [2.45, 2.75) is 64.3 Å². The Balaban J connectivity index is 1.91. The second-order valence-corrected chi connectivity index (χ2v) is 5.37. The van der Waals surface area contributed by atoms with Gasteiger partial charge >= 0.3 is 0 Å². The van der Waals surface area contributed by atoms with E-state index in [1.54, 1.807) is 0 Å². The molecule has 0 radical (unpaired) electrons. The zero-order chi connectivity index (χ0) is 13.2. The molecule has 1 saturated carbocycles. The van der Waals surface area contributed by atoms with Crippen LogP contribution in [0.15, 0.2) is 0 Å². The molecule has 1 unspecified atom stereocenters. The van der Waals surface area contributed by atoms with Gasteiger partial charge in [-0.3, -0.25) is 0 Å². The van der Waals surface area contributed by atoms with E-state index in [1.165, 1.54) is 19.3 Å². The average Bonchev–Trinajstić information content (AvgIpc) is 2.37. The normalized spacial score (nSPS) is 19.3. The van der Waals surface area contributed by atoms with Gasteiger partial charge in [0.1, 0.15) is 0 Å². The molecule has 4 nitrogen and oxygen atoms in total. The van der Waals surface area contributed by atoms with Crippen LogP contribution in [0.4, 0.5) is 0 Å². The van der Waals surface area contributed by atoms with Gasteiger partial charge in [-0.1, -0.05) is 19.3 Å². The highest BCUT2D eigenvalue weighted by Gasteiger charge is 2.15. The number of hydrogen-bond donors (Lipinski definition) is 2. The minimum Gasteiger partial charge on any atom is -0.389 e. The molecular formula is C14H29NO3. The Hall–Kier alpha value is -0.160. The molecule has 1 aliphatic rings. The highest BCUT2D eigenvalue weighted by atomic mass is 16.5. The van der Waals surface area contributed by atoms with E-state index in [4.69, 9.17) is 9.47 Å². The fraction of sp³-hybridized carbons (Fsp3) is 1.00. The van der Waals surface area contributed by atoms with Gasteiger partial charge in [0.2, 0.25) is 0 Å². The summed E-state index contributed by atoms with van der Waals surface area (Å²) in [7, 11) is 0. The van der Waals surface area contributed by atoms with Crippen molar-refractivity contribution in [2.24, 2.45) is 0 Å². The second kappa shape index (κ2) is 9.73. The second-order valence-electron chi connectivity index (χ2n) is 5.37. The van der Waals surface area contributed by atoms with Crippen LogP contribution >= 0.6 is 0 Å². The van der Waals surface area contributed by atoms with Gasteiger partial charge in [-0.05, 0) is 26.7 Å². The molecule has 0 aromatic rings. The summed E-state index contributed by atoms with van der Waals surface area (Å²) < 4.78 is 11.1. The lowest BCUT2D eigenvalue weighted by Gasteiger charge is -2.23. The Morgan fingerprint density at radius 3 is 2.61 bits per heavy atom. The molecule has 0 aromatic carbocycles. The van der Waals surface area contributed by atoms with Crippen LogP contribution in [-0.4, -0.2) is 49.7 Å². The van der Waals surface area contributed by atoms with E-state index < -0.39 is 6.10 Å². The quantitative estimate of drug-likeness (QED) is 0.619. The van der Waals surface area contributed by atoms with Gasteiger partial charge in [0, 0.05) is 13.1 Å². The minimum atomic E-state index is -0.411. The molecule has 0 aromatic heterocycles. The van der Waals surface area contributed by atoms with E-state index in [-0.39, 0.29) is 6.10 Å². The summed E-state index contributed by atoms with van der Waals surface area (Å²) in [5, 5.41) is 12.9. The number of aliphatic hydroxyl groups excluding tert-OH is 1. The first-order valence-corrected chi connectivity index (χ1v) is 7.30. The molecular weight excluding hydrogens is 230 g/mol. The van der Waals surface area contributed by atoms with Crippen molar-refractivity contribution in [1.82, 2.24) is 5.32 Å². The van der Waals surface area contributed by atoms with Crippen molar-refractivity contribution < 1.29 is 14.6 Å². The highest BCUT2D eigenvalue weighted by Crippen LogP contribution is 2.20. The molecule has 108 valence electrons. The van der Waals surface area contributed by atoms with Crippen molar-refractivity contribution in [3.63, 3.8) is 0 Å². The van der Waals surface area contributed by atoms with Gasteiger partial charge in [0.25, 0.3) is 0 Å². The predicted octanol–water partition coefficient (Wildman–Crippen LogP) is 1.71. The van der Waals surface area contributed by atoms with Crippen LogP contribution in [0.25, 0.3) is 0 Å². The molecule has 1 rings (SSSR count). The zero-order valence-electron chi connectivity index (χ0n) is 11.9. The van der Waals surface area contributed by atoms with Crippen molar-refractivity contribution in [2.75, 3.05) is 26.3 Å². The van der Waals surface area contributed by atoms with Gasteiger partial charge in [0.15, 0.2) is 0 Å². The largest absolute Gasteiger partial charge is 0.389 e. The first-order valence-electron chi connectivity index (χ1n) is 7.30. The average molecular weight is 259 g/mol. The lowest BCUT2D eigenvalue weighted by atomic mass is 9.98. The van der Waals surface area contributed by atoms with E-state index in [0.717, 1.165) is 19.4 Å². The first-order chi connectivity index (χ1) is 8.68. The van der Waals surface area contributed by atoms with E-state index >= 15 is 0 Å². The number of nitrogens with one attached hydrogen (secondary N) is 1. The maximum absolute atomic E-state index is 9.76. The van der Waals surface area contributed by atoms with Crippen LogP contribution in [0.2, 0.25) is 0 Å². The third kappa shape index (κ3) is 8.03. The maximum Gasteiger partial charge on any atom is 0.0897 e. The Morgan fingerprint density at radius 2 is 1.94 bits per heavy atom. The van der Waals surface area contributed by atoms with Crippen molar-refractivity contribution in [1.29, 1.82) is 0 Å². The minimum absolute atomic E-state index is 0.270. The van der Waals surface area contributed by atoms with Gasteiger partial charge in [0.05, 0.1) is 31.5 Å². The summed E-state index contributed by atoms with van der Waals surface area (Å²) in [5.74, 6) is 0. The maximum atomic E-state index is 9.76. The molecule has 0 spiro atoms. The standard InChI is InChI=1S/C14H29NO3/c1-12(2)17-9-8-15-10-13(16)11-18-14-6-4-3-5-7-14/h12-16H,3-11H2,1-2H3. The van der Waals surface area contributed by atoms with Crippen LogP contribution in [0.3, 0.4) is 0 Å². The molecule has 0 aliphatic heterocycles. The molecule has 1 fully saturated rings. The number of aliphatic hydroxyl groups is 1. The van der Waals surface area contributed by atoms with E-state index in [9.17, 15) is 5.11 Å². The lowest BCUT2D eigenvalue weighted by Crippen LogP contribution is -2.34. The van der Waals surface area contributed by atoms with Crippen LogP contribution < -0.4 is 5.32 Å². The first kappa shape index (κ1) is 15.9. The van der Waals surface area contributed by atoms with Gasteiger partial charge in [-0.15, -0.1) is 0 Å². The number of ether oxygens (including phenoxy) is 2. The van der Waals surface area contributed by atoms with Crippen molar-refractivity contribution in [3.8, 4) is 0 Å². The van der Waals surface area contributed by atoms with Gasteiger partial charge in [-0.25, -0.2) is 0 Å². The fourth-order valence-corrected chi connectivity index (χ4v) is 2.17. The Morgan fingerprint density at radius 1 is 1.22 bits per heavy atom. The van der Waals surface area contributed by atoms with E-state index in [2.05, 4.69) is 5.32 Å². The highest BCUT2D eigenvalue weighted by molar-refractivity contribution is 4.67. The summed E-state index contributed by atoms with van der Waals surface area (Å²) >= 11 is 0. The molecule has 4 heteroatoms. The summed E-state index contributed by atoms with van der Waals surface area (Å²) in [6.45, 7) is 6.53. The van der Waals surface area contributed by atoms with E-state index in [1.807, 2.05) is 13.8 Å².